The van der Waals surface area contributed by atoms with Gasteiger partial charge in [0.1, 0.15) is 5.69 Å². The van der Waals surface area contributed by atoms with Crippen molar-refractivity contribution >= 4 is 16.3 Å². The molecule has 0 radical (unpaired) electrons. The van der Waals surface area contributed by atoms with Gasteiger partial charge in [-0.25, -0.2) is 0 Å². The third-order valence-corrected chi connectivity index (χ3v) is 5.34. The van der Waals surface area contributed by atoms with Gasteiger partial charge in [-0.2, -0.15) is 4.98 Å². The van der Waals surface area contributed by atoms with E-state index in [1.165, 1.54) is 32.1 Å². The molecule has 2 heterocycles. The van der Waals surface area contributed by atoms with Gasteiger partial charge in [0, 0.05) is 18.1 Å². The Bertz CT molecular complexity index is 577. The zero-order valence-electron chi connectivity index (χ0n) is 13.0. The van der Waals surface area contributed by atoms with Gasteiger partial charge in [0.05, 0.1) is 7.11 Å². The van der Waals surface area contributed by atoms with Crippen molar-refractivity contribution in [2.75, 3.05) is 13.7 Å². The smallest absolute Gasteiger partial charge is 0.237 e. The second-order valence-electron chi connectivity index (χ2n) is 6.23. The van der Waals surface area contributed by atoms with E-state index in [2.05, 4.69) is 33.2 Å². The molecule has 0 aliphatic heterocycles. The maximum Gasteiger partial charge on any atom is 0.237 e. The van der Waals surface area contributed by atoms with Gasteiger partial charge in [0.15, 0.2) is 4.96 Å². The molecule has 0 saturated heterocycles. The highest BCUT2D eigenvalue weighted by atomic mass is 32.1. The Morgan fingerprint density at radius 2 is 2.38 bits per heavy atom. The predicted octanol–water partition coefficient (Wildman–Crippen LogP) is 3.71. The maximum atomic E-state index is 5.38. The normalized spacial score (nSPS) is 22.8. The first-order valence-corrected chi connectivity index (χ1v) is 8.85. The Labute approximate surface area is 130 Å². The van der Waals surface area contributed by atoms with Crippen LogP contribution in [0.3, 0.4) is 0 Å². The minimum Gasteiger partial charge on any atom is -0.480 e. The summed E-state index contributed by atoms with van der Waals surface area (Å²) in [6, 6.07) is 0. The van der Waals surface area contributed by atoms with Crippen LogP contribution in [-0.4, -0.2) is 23.0 Å². The van der Waals surface area contributed by atoms with Gasteiger partial charge in [-0.15, -0.1) is 11.3 Å². The average molecular weight is 307 g/mol. The molecule has 0 aromatic carbocycles. The van der Waals surface area contributed by atoms with Crippen LogP contribution in [0.15, 0.2) is 11.6 Å². The SMILES string of the molecule is COc1nc2sccn2c1CNCCC1CCCC(C)C1. The van der Waals surface area contributed by atoms with Crippen molar-refractivity contribution in [2.45, 2.75) is 45.6 Å². The second kappa shape index (κ2) is 6.79. The summed E-state index contributed by atoms with van der Waals surface area (Å²) in [6.45, 7) is 4.30. The summed E-state index contributed by atoms with van der Waals surface area (Å²) in [7, 11) is 1.69. The van der Waals surface area contributed by atoms with Crippen molar-refractivity contribution in [1.29, 1.82) is 0 Å². The van der Waals surface area contributed by atoms with E-state index < -0.39 is 0 Å². The maximum absolute atomic E-state index is 5.38. The van der Waals surface area contributed by atoms with Gasteiger partial charge in [-0.1, -0.05) is 26.2 Å². The standard InChI is InChI=1S/C16H25N3OS/c1-12-4-3-5-13(10-12)6-7-17-11-14-15(20-2)18-16-19(14)8-9-21-16/h8-9,12-13,17H,3-7,10-11H2,1-2H3. The molecule has 4 nitrogen and oxygen atoms in total. The summed E-state index contributed by atoms with van der Waals surface area (Å²) in [6.07, 6.45) is 9.02. The van der Waals surface area contributed by atoms with Crippen molar-refractivity contribution in [3.63, 3.8) is 0 Å². The molecule has 2 atom stereocenters. The summed E-state index contributed by atoms with van der Waals surface area (Å²) < 4.78 is 7.51. The molecule has 5 heteroatoms. The molecule has 1 aliphatic carbocycles. The average Bonchev–Trinajstić information content (AvgIpc) is 3.05. The fourth-order valence-electron chi connectivity index (χ4n) is 3.47. The van der Waals surface area contributed by atoms with Crippen LogP contribution in [0.25, 0.3) is 4.96 Å². The fourth-order valence-corrected chi connectivity index (χ4v) is 4.20. The van der Waals surface area contributed by atoms with E-state index >= 15 is 0 Å². The Morgan fingerprint density at radius 1 is 1.48 bits per heavy atom. The molecule has 1 saturated carbocycles. The lowest BCUT2D eigenvalue weighted by Crippen LogP contribution is -2.21. The topological polar surface area (TPSA) is 38.6 Å². The van der Waals surface area contributed by atoms with Crippen LogP contribution >= 0.6 is 11.3 Å². The number of imidazole rings is 1. The number of rotatable bonds is 6. The summed E-state index contributed by atoms with van der Waals surface area (Å²) in [5, 5.41) is 5.63. The number of nitrogens with zero attached hydrogens (tertiary/aromatic N) is 2. The van der Waals surface area contributed by atoms with Crippen LogP contribution < -0.4 is 10.1 Å². The van der Waals surface area contributed by atoms with Crippen LogP contribution in [0.4, 0.5) is 0 Å². The van der Waals surface area contributed by atoms with Gasteiger partial charge >= 0.3 is 0 Å². The number of aromatic nitrogens is 2. The van der Waals surface area contributed by atoms with E-state index in [-0.39, 0.29) is 0 Å². The fraction of sp³-hybridized carbons (Fsp3) is 0.688. The largest absolute Gasteiger partial charge is 0.480 e. The Hall–Kier alpha value is -1.07. The van der Waals surface area contributed by atoms with Gasteiger partial charge in [-0.3, -0.25) is 4.40 Å². The number of hydrogen-bond acceptors (Lipinski definition) is 4. The van der Waals surface area contributed by atoms with E-state index in [0.29, 0.717) is 0 Å². The molecule has 1 N–H and O–H groups in total. The van der Waals surface area contributed by atoms with E-state index in [1.807, 2.05) is 0 Å². The highest BCUT2D eigenvalue weighted by Crippen LogP contribution is 2.30. The zero-order chi connectivity index (χ0) is 14.7. The molecule has 116 valence electrons. The summed E-state index contributed by atoms with van der Waals surface area (Å²) in [5.41, 5.74) is 1.13. The molecule has 21 heavy (non-hydrogen) atoms. The highest BCUT2D eigenvalue weighted by molar-refractivity contribution is 7.15. The van der Waals surface area contributed by atoms with Crippen molar-refractivity contribution in [3.8, 4) is 5.88 Å². The first-order chi connectivity index (χ1) is 10.3. The molecule has 1 fully saturated rings. The van der Waals surface area contributed by atoms with Crippen LogP contribution in [0.5, 0.6) is 5.88 Å². The number of fused-ring (bicyclic) bond motifs is 1. The molecule has 0 spiro atoms. The van der Waals surface area contributed by atoms with Crippen LogP contribution in [0.2, 0.25) is 0 Å². The third-order valence-electron chi connectivity index (χ3n) is 4.58. The Kier molecular flexibility index (Phi) is 4.80. The predicted molar refractivity (Wildman–Crippen MR) is 87.1 cm³/mol. The van der Waals surface area contributed by atoms with Crippen LogP contribution in [-0.2, 0) is 6.54 Å². The van der Waals surface area contributed by atoms with Gasteiger partial charge in [0.25, 0.3) is 0 Å². The molecule has 1 aliphatic rings. The number of methoxy groups -OCH3 is 1. The molecule has 3 rings (SSSR count). The summed E-state index contributed by atoms with van der Waals surface area (Å²) in [5.74, 6) is 2.58. The van der Waals surface area contributed by atoms with Crippen LogP contribution in [0.1, 0.15) is 44.7 Å². The first kappa shape index (κ1) is 14.9. The number of hydrogen-bond donors (Lipinski definition) is 1. The molecule has 2 aromatic rings. The lowest BCUT2D eigenvalue weighted by Gasteiger charge is -2.26. The minimum absolute atomic E-state index is 0.751. The van der Waals surface area contributed by atoms with Gasteiger partial charge < -0.3 is 10.1 Å². The minimum atomic E-state index is 0.751. The summed E-state index contributed by atoms with van der Waals surface area (Å²) in [4.78, 5) is 5.49. The molecule has 0 amide bonds. The first-order valence-electron chi connectivity index (χ1n) is 7.97. The van der Waals surface area contributed by atoms with Crippen molar-refractivity contribution in [2.24, 2.45) is 11.8 Å². The van der Waals surface area contributed by atoms with Crippen molar-refractivity contribution in [1.82, 2.24) is 14.7 Å². The van der Waals surface area contributed by atoms with E-state index in [9.17, 15) is 0 Å². The molecule has 2 aromatic heterocycles. The van der Waals surface area contributed by atoms with Crippen molar-refractivity contribution in [3.05, 3.63) is 17.3 Å². The quantitative estimate of drug-likeness (QED) is 0.827. The summed E-state index contributed by atoms with van der Waals surface area (Å²) >= 11 is 1.64. The van der Waals surface area contributed by atoms with Gasteiger partial charge in [0.2, 0.25) is 5.88 Å². The molecule has 2 unspecified atom stereocenters. The van der Waals surface area contributed by atoms with Crippen LogP contribution in [0, 0.1) is 11.8 Å². The lowest BCUT2D eigenvalue weighted by molar-refractivity contribution is 0.267. The van der Waals surface area contributed by atoms with E-state index in [0.717, 1.165) is 41.5 Å². The lowest BCUT2D eigenvalue weighted by atomic mass is 9.81. The highest BCUT2D eigenvalue weighted by Gasteiger charge is 2.18. The van der Waals surface area contributed by atoms with E-state index in [1.54, 1.807) is 18.4 Å². The monoisotopic (exact) mass is 307 g/mol. The molecule has 0 bridgehead atoms. The Balaban J connectivity index is 1.51. The number of thiazole rings is 1. The molecular formula is C16H25N3OS. The molecular weight excluding hydrogens is 282 g/mol. The van der Waals surface area contributed by atoms with Gasteiger partial charge in [-0.05, 0) is 31.2 Å². The zero-order valence-corrected chi connectivity index (χ0v) is 13.8. The third kappa shape index (κ3) is 3.40. The number of nitrogens with one attached hydrogen (secondary N) is 1. The van der Waals surface area contributed by atoms with E-state index in [4.69, 9.17) is 4.74 Å². The van der Waals surface area contributed by atoms with Crippen molar-refractivity contribution < 1.29 is 4.74 Å². The second-order valence-corrected chi connectivity index (χ2v) is 7.10. The number of ether oxygens (including phenoxy) is 1. The Morgan fingerprint density at radius 3 is 3.19 bits per heavy atom.